The third-order valence-electron chi connectivity index (χ3n) is 4.33. The van der Waals surface area contributed by atoms with Gasteiger partial charge in [0, 0.05) is 19.3 Å². The molecule has 2 saturated carbocycles. The summed E-state index contributed by atoms with van der Waals surface area (Å²) in [6.07, 6.45) is 9.61. The Balaban J connectivity index is 1.78. The molecule has 2 aliphatic carbocycles. The number of hydrogen-bond donors (Lipinski definition) is 0. The summed E-state index contributed by atoms with van der Waals surface area (Å²) < 4.78 is 11.9. The van der Waals surface area contributed by atoms with Crippen molar-refractivity contribution < 1.29 is 8.85 Å². The number of hydrogen-bond acceptors (Lipinski definition) is 2. The van der Waals surface area contributed by atoms with Crippen LogP contribution in [0.3, 0.4) is 0 Å². The van der Waals surface area contributed by atoms with E-state index in [1.54, 1.807) is 0 Å². The van der Waals surface area contributed by atoms with Crippen LogP contribution in [0.5, 0.6) is 0 Å². The van der Waals surface area contributed by atoms with Gasteiger partial charge in [0.1, 0.15) is 0 Å². The van der Waals surface area contributed by atoms with Gasteiger partial charge in [0.15, 0.2) is 0 Å². The zero-order chi connectivity index (χ0) is 10.7. The Kier molecular flexibility index (Phi) is 3.86. The maximum Gasteiger partial charge on any atom is 0.337 e. The van der Waals surface area contributed by atoms with E-state index in [0.717, 1.165) is 18.1 Å². The Hall–Kier alpha value is 0.137. The van der Waals surface area contributed by atoms with Gasteiger partial charge in [-0.25, -0.2) is 0 Å². The fraction of sp³-hybridized carbons (Fsp3) is 1.00. The minimum atomic E-state index is -1.81. The molecule has 0 saturated heterocycles. The van der Waals surface area contributed by atoms with Gasteiger partial charge in [-0.05, 0) is 38.1 Å². The van der Waals surface area contributed by atoms with Crippen molar-refractivity contribution in [3.05, 3.63) is 0 Å². The molecule has 0 aromatic heterocycles. The zero-order valence-corrected chi connectivity index (χ0v) is 11.1. The summed E-state index contributed by atoms with van der Waals surface area (Å²) in [6.45, 7) is 3.22. The van der Waals surface area contributed by atoms with E-state index in [-0.39, 0.29) is 0 Å². The van der Waals surface area contributed by atoms with E-state index >= 15 is 0 Å². The van der Waals surface area contributed by atoms with Crippen LogP contribution in [0.25, 0.3) is 0 Å². The first-order chi connectivity index (χ1) is 7.24. The normalized spacial score (nSPS) is 27.6. The van der Waals surface area contributed by atoms with E-state index < -0.39 is 8.56 Å². The molecular formula is C12H24O2Si. The zero-order valence-electron chi connectivity index (χ0n) is 10.1. The molecule has 0 heterocycles. The van der Waals surface area contributed by atoms with Crippen molar-refractivity contribution in [2.45, 2.75) is 57.0 Å². The highest BCUT2D eigenvalue weighted by Crippen LogP contribution is 2.42. The lowest BCUT2D eigenvalue weighted by molar-refractivity contribution is 0.152. The van der Waals surface area contributed by atoms with Crippen LogP contribution in [0, 0.1) is 5.92 Å². The fourth-order valence-electron chi connectivity index (χ4n) is 2.74. The average molecular weight is 228 g/mol. The molecule has 15 heavy (non-hydrogen) atoms. The van der Waals surface area contributed by atoms with Gasteiger partial charge in [-0.1, -0.05) is 19.3 Å². The van der Waals surface area contributed by atoms with Gasteiger partial charge in [-0.15, -0.1) is 0 Å². The molecule has 0 amide bonds. The first-order valence-corrected chi connectivity index (χ1v) is 8.83. The second kappa shape index (κ2) is 4.98. The Morgan fingerprint density at radius 3 is 2.20 bits per heavy atom. The standard InChI is InChI=1S/C12H24O2Si/c1-13-15(2,12-8-5-9-12)14-10-11-6-3-4-7-11/h11-12H,3-10H2,1-2H3. The van der Waals surface area contributed by atoms with Crippen molar-refractivity contribution in [3.8, 4) is 0 Å². The van der Waals surface area contributed by atoms with E-state index in [9.17, 15) is 0 Å². The quantitative estimate of drug-likeness (QED) is 0.671. The molecule has 0 aliphatic heterocycles. The summed E-state index contributed by atoms with van der Waals surface area (Å²) in [5.74, 6) is 0.826. The van der Waals surface area contributed by atoms with Crippen LogP contribution in [-0.2, 0) is 8.85 Å². The lowest BCUT2D eigenvalue weighted by Crippen LogP contribution is -2.46. The van der Waals surface area contributed by atoms with Crippen LogP contribution in [0.2, 0.25) is 12.1 Å². The Morgan fingerprint density at radius 1 is 1.07 bits per heavy atom. The van der Waals surface area contributed by atoms with E-state index in [4.69, 9.17) is 8.85 Å². The van der Waals surface area contributed by atoms with Crippen LogP contribution in [0.1, 0.15) is 44.9 Å². The maximum absolute atomic E-state index is 6.18. The second-order valence-electron chi connectivity index (χ2n) is 5.31. The van der Waals surface area contributed by atoms with E-state index in [2.05, 4.69) is 6.55 Å². The molecule has 1 atom stereocenters. The molecule has 0 spiro atoms. The van der Waals surface area contributed by atoms with Gasteiger partial charge in [-0.3, -0.25) is 0 Å². The molecule has 2 fully saturated rings. The first kappa shape index (κ1) is 11.6. The summed E-state index contributed by atoms with van der Waals surface area (Å²) in [5.41, 5.74) is 0.768. The van der Waals surface area contributed by atoms with Crippen LogP contribution < -0.4 is 0 Å². The van der Waals surface area contributed by atoms with Gasteiger partial charge in [-0.2, -0.15) is 0 Å². The predicted octanol–water partition coefficient (Wildman–Crippen LogP) is 3.47. The van der Waals surface area contributed by atoms with E-state index in [1.807, 2.05) is 7.11 Å². The SMILES string of the molecule is CO[Si](C)(OCC1CCCC1)C1CCC1. The van der Waals surface area contributed by atoms with Gasteiger partial charge >= 0.3 is 8.56 Å². The molecule has 0 N–H and O–H groups in total. The monoisotopic (exact) mass is 228 g/mol. The maximum atomic E-state index is 6.18. The van der Waals surface area contributed by atoms with Crippen molar-refractivity contribution in [3.63, 3.8) is 0 Å². The van der Waals surface area contributed by atoms with Gasteiger partial charge in [0.05, 0.1) is 0 Å². The van der Waals surface area contributed by atoms with Crippen LogP contribution in [-0.4, -0.2) is 22.3 Å². The summed E-state index contributed by atoms with van der Waals surface area (Å²) in [4.78, 5) is 0. The van der Waals surface area contributed by atoms with Crippen molar-refractivity contribution in [1.82, 2.24) is 0 Å². The topological polar surface area (TPSA) is 18.5 Å². The molecule has 0 radical (unpaired) electrons. The molecule has 0 bridgehead atoms. The molecule has 88 valence electrons. The summed E-state index contributed by atoms with van der Waals surface area (Å²) in [7, 11) is 0.0389. The molecule has 2 aliphatic rings. The van der Waals surface area contributed by atoms with E-state index in [1.165, 1.54) is 44.9 Å². The van der Waals surface area contributed by atoms with Crippen LogP contribution in [0.4, 0.5) is 0 Å². The van der Waals surface area contributed by atoms with Crippen molar-refractivity contribution in [1.29, 1.82) is 0 Å². The minimum Gasteiger partial charge on any atom is -0.398 e. The van der Waals surface area contributed by atoms with Gasteiger partial charge in [0.25, 0.3) is 0 Å². The van der Waals surface area contributed by atoms with Crippen molar-refractivity contribution in [2.24, 2.45) is 5.92 Å². The smallest absolute Gasteiger partial charge is 0.337 e. The highest BCUT2D eigenvalue weighted by atomic mass is 28.4. The van der Waals surface area contributed by atoms with Gasteiger partial charge < -0.3 is 8.85 Å². The average Bonchev–Trinajstić information content (AvgIpc) is 2.64. The Bertz CT molecular complexity index is 200. The Morgan fingerprint density at radius 2 is 1.73 bits per heavy atom. The molecule has 3 heteroatoms. The molecule has 1 unspecified atom stereocenters. The predicted molar refractivity (Wildman–Crippen MR) is 64.1 cm³/mol. The third-order valence-corrected chi connectivity index (χ3v) is 7.94. The first-order valence-electron chi connectivity index (χ1n) is 6.44. The Labute approximate surface area is 94.6 Å². The fourth-order valence-corrected chi connectivity index (χ4v) is 5.45. The van der Waals surface area contributed by atoms with Crippen LogP contribution in [0.15, 0.2) is 0 Å². The van der Waals surface area contributed by atoms with Crippen molar-refractivity contribution >= 4 is 8.56 Å². The lowest BCUT2D eigenvalue weighted by atomic mass is 10.00. The highest BCUT2D eigenvalue weighted by Gasteiger charge is 2.43. The van der Waals surface area contributed by atoms with Crippen molar-refractivity contribution in [2.75, 3.05) is 13.7 Å². The molecule has 2 nitrogen and oxygen atoms in total. The molecular weight excluding hydrogens is 204 g/mol. The van der Waals surface area contributed by atoms with Gasteiger partial charge in [0.2, 0.25) is 0 Å². The number of rotatable bonds is 5. The lowest BCUT2D eigenvalue weighted by Gasteiger charge is -2.39. The molecule has 2 rings (SSSR count). The molecule has 0 aromatic rings. The van der Waals surface area contributed by atoms with Crippen LogP contribution >= 0.6 is 0 Å². The minimum absolute atomic E-state index is 0.768. The highest BCUT2D eigenvalue weighted by molar-refractivity contribution is 6.67. The summed E-state index contributed by atoms with van der Waals surface area (Å²) >= 11 is 0. The summed E-state index contributed by atoms with van der Waals surface area (Å²) in [6, 6.07) is 0. The summed E-state index contributed by atoms with van der Waals surface area (Å²) in [5, 5.41) is 0. The molecule has 0 aromatic carbocycles. The second-order valence-corrected chi connectivity index (χ2v) is 8.85. The van der Waals surface area contributed by atoms with E-state index in [0.29, 0.717) is 0 Å². The largest absolute Gasteiger partial charge is 0.398 e. The third kappa shape index (κ3) is 2.63.